The summed E-state index contributed by atoms with van der Waals surface area (Å²) in [6, 6.07) is -0.255. The van der Waals surface area contributed by atoms with Gasteiger partial charge in [-0.25, -0.2) is 18.4 Å². The molecule has 0 fully saturated rings. The van der Waals surface area contributed by atoms with Crippen LogP contribution >= 0.6 is 11.6 Å². The Bertz CT molecular complexity index is 435. The van der Waals surface area contributed by atoms with Crippen molar-refractivity contribution < 1.29 is 8.42 Å². The molecule has 5 nitrogen and oxygen atoms in total. The van der Waals surface area contributed by atoms with Crippen LogP contribution in [0.5, 0.6) is 0 Å². The highest BCUT2D eigenvalue weighted by Crippen LogP contribution is 2.15. The van der Waals surface area contributed by atoms with Gasteiger partial charge in [-0.2, -0.15) is 0 Å². The molecular weight excluding hydrogens is 238 g/mol. The number of halogens is 1. The van der Waals surface area contributed by atoms with Crippen molar-refractivity contribution in [3.8, 4) is 0 Å². The van der Waals surface area contributed by atoms with Crippen molar-refractivity contribution in [1.82, 2.24) is 9.97 Å². The van der Waals surface area contributed by atoms with Gasteiger partial charge in [0.1, 0.15) is 9.84 Å². The molecule has 0 amide bonds. The topological polar surface area (TPSA) is 72.0 Å². The fourth-order valence-corrected chi connectivity index (χ4v) is 2.30. The molecule has 1 atom stereocenters. The van der Waals surface area contributed by atoms with Crippen molar-refractivity contribution in [3.63, 3.8) is 0 Å². The Morgan fingerprint density at radius 2 is 2.07 bits per heavy atom. The summed E-state index contributed by atoms with van der Waals surface area (Å²) in [6.45, 7) is 1.74. The molecule has 0 bridgehead atoms. The third-order valence-electron chi connectivity index (χ3n) is 1.59. The van der Waals surface area contributed by atoms with E-state index in [4.69, 9.17) is 11.6 Å². The lowest BCUT2D eigenvalue weighted by atomic mass is 10.4. The summed E-state index contributed by atoms with van der Waals surface area (Å²) in [5, 5.41) is 3.12. The second-order valence-electron chi connectivity index (χ2n) is 3.33. The molecule has 0 radical (unpaired) electrons. The van der Waals surface area contributed by atoms with Crippen LogP contribution in [-0.4, -0.2) is 36.4 Å². The lowest BCUT2D eigenvalue weighted by Gasteiger charge is -2.13. The first-order valence-electron chi connectivity index (χ1n) is 4.29. The molecule has 7 heteroatoms. The standard InChI is InChI=1S/C8H12ClN3O2S/c1-6(5-15(2,13)14)12-8-7(9)10-3-4-11-8/h3-4,6H,5H2,1-2H3,(H,11,12). The summed E-state index contributed by atoms with van der Waals surface area (Å²) in [5.41, 5.74) is 0. The van der Waals surface area contributed by atoms with E-state index in [1.807, 2.05) is 0 Å². The van der Waals surface area contributed by atoms with Gasteiger partial charge in [-0.15, -0.1) is 0 Å². The van der Waals surface area contributed by atoms with Crippen molar-refractivity contribution in [1.29, 1.82) is 0 Å². The molecule has 15 heavy (non-hydrogen) atoms. The number of hydrogen-bond donors (Lipinski definition) is 1. The molecule has 0 aliphatic carbocycles. The van der Waals surface area contributed by atoms with Crippen molar-refractivity contribution in [3.05, 3.63) is 17.5 Å². The lowest BCUT2D eigenvalue weighted by Crippen LogP contribution is -2.25. The molecule has 0 aliphatic rings. The van der Waals surface area contributed by atoms with Crippen molar-refractivity contribution in [2.75, 3.05) is 17.3 Å². The maximum atomic E-state index is 11.0. The van der Waals surface area contributed by atoms with E-state index in [0.717, 1.165) is 0 Å². The van der Waals surface area contributed by atoms with Crippen LogP contribution in [0.4, 0.5) is 5.82 Å². The van der Waals surface area contributed by atoms with Crippen molar-refractivity contribution in [2.24, 2.45) is 0 Å². The highest BCUT2D eigenvalue weighted by Gasteiger charge is 2.12. The van der Waals surface area contributed by atoms with Crippen LogP contribution in [0.1, 0.15) is 6.92 Å². The monoisotopic (exact) mass is 249 g/mol. The molecule has 1 aromatic heterocycles. The first kappa shape index (κ1) is 12.2. The Balaban J connectivity index is 2.67. The zero-order valence-corrected chi connectivity index (χ0v) is 10.0. The highest BCUT2D eigenvalue weighted by atomic mass is 35.5. The maximum Gasteiger partial charge on any atom is 0.171 e. The molecule has 0 saturated heterocycles. The van der Waals surface area contributed by atoms with Crippen LogP contribution < -0.4 is 5.32 Å². The molecule has 0 spiro atoms. The third-order valence-corrected chi connectivity index (χ3v) is 2.97. The number of hydrogen-bond acceptors (Lipinski definition) is 5. The maximum absolute atomic E-state index is 11.0. The van der Waals surface area contributed by atoms with E-state index < -0.39 is 9.84 Å². The number of rotatable bonds is 4. The fourth-order valence-electron chi connectivity index (χ4n) is 1.15. The smallest absolute Gasteiger partial charge is 0.171 e. The summed E-state index contributed by atoms with van der Waals surface area (Å²) >= 11 is 5.75. The molecule has 1 unspecified atom stereocenters. The Hall–Kier alpha value is -0.880. The Morgan fingerprint density at radius 3 is 2.60 bits per heavy atom. The molecular formula is C8H12ClN3O2S. The molecule has 0 saturated carbocycles. The molecule has 0 aliphatic heterocycles. The Morgan fingerprint density at radius 1 is 1.47 bits per heavy atom. The van der Waals surface area contributed by atoms with Gasteiger partial charge in [0.15, 0.2) is 11.0 Å². The molecule has 0 aromatic carbocycles. The zero-order chi connectivity index (χ0) is 11.5. The number of nitrogens with zero attached hydrogens (tertiary/aromatic N) is 2. The van der Waals surface area contributed by atoms with Crippen LogP contribution in [0.2, 0.25) is 5.15 Å². The zero-order valence-electron chi connectivity index (χ0n) is 8.44. The first-order chi connectivity index (χ1) is 6.88. The first-order valence-corrected chi connectivity index (χ1v) is 6.73. The van der Waals surface area contributed by atoms with E-state index in [9.17, 15) is 8.42 Å². The largest absolute Gasteiger partial charge is 0.364 e. The van der Waals surface area contributed by atoms with Gasteiger partial charge in [0.25, 0.3) is 0 Å². The van der Waals surface area contributed by atoms with E-state index in [2.05, 4.69) is 15.3 Å². The van der Waals surface area contributed by atoms with Gasteiger partial charge >= 0.3 is 0 Å². The minimum Gasteiger partial charge on any atom is -0.364 e. The second kappa shape index (κ2) is 4.76. The molecule has 1 heterocycles. The molecule has 1 aromatic rings. The number of anilines is 1. The number of nitrogens with one attached hydrogen (secondary N) is 1. The van der Waals surface area contributed by atoms with Crippen LogP contribution in [-0.2, 0) is 9.84 Å². The fraction of sp³-hybridized carbons (Fsp3) is 0.500. The van der Waals surface area contributed by atoms with E-state index in [-0.39, 0.29) is 16.9 Å². The third kappa shape index (κ3) is 4.44. The average Bonchev–Trinajstić information content (AvgIpc) is 2.05. The van der Waals surface area contributed by atoms with Crippen molar-refractivity contribution >= 4 is 27.3 Å². The number of aromatic nitrogens is 2. The van der Waals surface area contributed by atoms with Crippen LogP contribution in [0.3, 0.4) is 0 Å². The predicted octanol–water partition coefficient (Wildman–Crippen LogP) is 0.975. The average molecular weight is 250 g/mol. The minimum absolute atomic E-state index is 0.0277. The predicted molar refractivity (Wildman–Crippen MR) is 59.8 cm³/mol. The normalized spacial score (nSPS) is 13.5. The van der Waals surface area contributed by atoms with Gasteiger partial charge < -0.3 is 5.32 Å². The van der Waals surface area contributed by atoms with Crippen molar-refractivity contribution in [2.45, 2.75) is 13.0 Å². The molecule has 1 N–H and O–H groups in total. The SMILES string of the molecule is CC(CS(C)(=O)=O)Nc1nccnc1Cl. The van der Waals surface area contributed by atoms with E-state index in [1.54, 1.807) is 6.92 Å². The van der Waals surface area contributed by atoms with Crippen LogP contribution in [0, 0.1) is 0 Å². The van der Waals surface area contributed by atoms with Gasteiger partial charge in [-0.1, -0.05) is 11.6 Å². The summed E-state index contributed by atoms with van der Waals surface area (Å²) in [5.74, 6) is 0.426. The lowest BCUT2D eigenvalue weighted by molar-refractivity contribution is 0.598. The van der Waals surface area contributed by atoms with E-state index in [0.29, 0.717) is 5.82 Å². The summed E-state index contributed by atoms with van der Waals surface area (Å²) in [6.07, 6.45) is 4.14. The van der Waals surface area contributed by atoms with E-state index >= 15 is 0 Å². The summed E-state index contributed by atoms with van der Waals surface area (Å²) in [7, 11) is -3.01. The second-order valence-corrected chi connectivity index (χ2v) is 5.88. The Labute approximate surface area is 93.8 Å². The highest BCUT2D eigenvalue weighted by molar-refractivity contribution is 7.90. The van der Waals surface area contributed by atoms with E-state index in [1.165, 1.54) is 18.6 Å². The molecule has 84 valence electrons. The number of sulfone groups is 1. The van der Waals surface area contributed by atoms with Gasteiger partial charge in [0, 0.05) is 24.7 Å². The quantitative estimate of drug-likeness (QED) is 0.861. The van der Waals surface area contributed by atoms with Crippen LogP contribution in [0.25, 0.3) is 0 Å². The van der Waals surface area contributed by atoms with Gasteiger partial charge in [-0.05, 0) is 6.92 Å². The summed E-state index contributed by atoms with van der Waals surface area (Å²) in [4.78, 5) is 7.77. The minimum atomic E-state index is -3.01. The van der Waals surface area contributed by atoms with Gasteiger partial charge in [0.05, 0.1) is 5.75 Å². The van der Waals surface area contributed by atoms with Gasteiger partial charge in [-0.3, -0.25) is 0 Å². The Kier molecular flexibility index (Phi) is 3.87. The molecule has 1 rings (SSSR count). The summed E-state index contributed by atoms with van der Waals surface area (Å²) < 4.78 is 22.0. The van der Waals surface area contributed by atoms with Gasteiger partial charge in [0.2, 0.25) is 0 Å². The van der Waals surface area contributed by atoms with Crippen LogP contribution in [0.15, 0.2) is 12.4 Å².